The minimum Gasteiger partial charge on any atom is -1.00 e. The zero-order chi connectivity index (χ0) is 16.9. The predicted molar refractivity (Wildman–Crippen MR) is 112 cm³/mol. The molecule has 3 aromatic carbocycles. The van der Waals surface area contributed by atoms with Crippen LogP contribution < -0.4 is 32.9 Å². The SMILES string of the molecule is [Br-].c1ccc([PH+](c2ccccc2)c2ccc(C3CCCCC3)cc2)cc1. The van der Waals surface area contributed by atoms with Gasteiger partial charge in [-0.05, 0) is 60.7 Å². The van der Waals surface area contributed by atoms with Crippen LogP contribution in [-0.2, 0) is 0 Å². The molecule has 1 aliphatic rings. The van der Waals surface area contributed by atoms with Gasteiger partial charge in [0.25, 0.3) is 0 Å². The first kappa shape index (κ1) is 19.3. The lowest BCUT2D eigenvalue weighted by Crippen LogP contribution is -3.00. The zero-order valence-corrected chi connectivity index (χ0v) is 17.7. The minimum atomic E-state index is -0.924. The van der Waals surface area contributed by atoms with Crippen LogP contribution >= 0.6 is 7.92 Å². The molecule has 0 N–H and O–H groups in total. The molecular formula is C24H26BrP. The van der Waals surface area contributed by atoms with E-state index in [1.54, 1.807) is 5.56 Å². The smallest absolute Gasteiger partial charge is 0.102 e. The summed E-state index contributed by atoms with van der Waals surface area (Å²) in [6.07, 6.45) is 6.96. The predicted octanol–water partition coefficient (Wildman–Crippen LogP) is 2.23. The van der Waals surface area contributed by atoms with Crippen molar-refractivity contribution in [3.63, 3.8) is 0 Å². The van der Waals surface area contributed by atoms with E-state index in [0.29, 0.717) is 0 Å². The summed E-state index contributed by atoms with van der Waals surface area (Å²) < 4.78 is 0. The highest BCUT2D eigenvalue weighted by Gasteiger charge is 2.25. The Morgan fingerprint density at radius 1 is 0.538 bits per heavy atom. The highest BCUT2D eigenvalue weighted by Crippen LogP contribution is 2.35. The van der Waals surface area contributed by atoms with E-state index in [1.807, 2.05) is 0 Å². The summed E-state index contributed by atoms with van der Waals surface area (Å²) in [5, 5.41) is 4.41. The van der Waals surface area contributed by atoms with Crippen molar-refractivity contribution in [3.8, 4) is 0 Å². The molecule has 3 aromatic rings. The lowest BCUT2D eigenvalue weighted by molar-refractivity contribution is -0.00000484. The molecule has 0 unspecified atom stereocenters. The second-order valence-corrected chi connectivity index (χ2v) is 9.55. The Morgan fingerprint density at radius 3 is 1.50 bits per heavy atom. The summed E-state index contributed by atoms with van der Waals surface area (Å²) in [7, 11) is -0.924. The van der Waals surface area contributed by atoms with Crippen LogP contribution in [0, 0.1) is 0 Å². The summed E-state index contributed by atoms with van der Waals surface area (Å²) >= 11 is 0. The van der Waals surface area contributed by atoms with E-state index in [1.165, 1.54) is 48.0 Å². The quantitative estimate of drug-likeness (QED) is 0.563. The average molecular weight is 425 g/mol. The maximum atomic E-state index is 2.40. The van der Waals surface area contributed by atoms with Crippen molar-refractivity contribution in [1.82, 2.24) is 0 Å². The Balaban J connectivity index is 0.00000196. The van der Waals surface area contributed by atoms with Crippen molar-refractivity contribution in [1.29, 1.82) is 0 Å². The minimum absolute atomic E-state index is 0. The molecule has 0 spiro atoms. The lowest BCUT2D eigenvalue weighted by Gasteiger charge is -2.22. The lowest BCUT2D eigenvalue weighted by atomic mass is 9.84. The van der Waals surface area contributed by atoms with Crippen LogP contribution in [0.3, 0.4) is 0 Å². The van der Waals surface area contributed by atoms with Crippen LogP contribution in [0.25, 0.3) is 0 Å². The van der Waals surface area contributed by atoms with E-state index in [-0.39, 0.29) is 17.0 Å². The van der Waals surface area contributed by atoms with Gasteiger partial charge in [0.05, 0.1) is 7.92 Å². The van der Waals surface area contributed by atoms with E-state index in [9.17, 15) is 0 Å². The number of benzene rings is 3. The molecule has 0 heterocycles. The van der Waals surface area contributed by atoms with Gasteiger partial charge in [-0.15, -0.1) is 0 Å². The van der Waals surface area contributed by atoms with Gasteiger partial charge in [-0.1, -0.05) is 67.8 Å². The molecule has 0 saturated heterocycles. The first-order valence-electron chi connectivity index (χ1n) is 9.50. The summed E-state index contributed by atoms with van der Waals surface area (Å²) in [6.45, 7) is 0. The molecule has 1 aliphatic carbocycles. The van der Waals surface area contributed by atoms with Gasteiger partial charge < -0.3 is 17.0 Å². The van der Waals surface area contributed by atoms with E-state index in [0.717, 1.165) is 5.92 Å². The third-order valence-electron chi connectivity index (χ3n) is 5.40. The molecule has 0 aromatic heterocycles. The van der Waals surface area contributed by atoms with Crippen molar-refractivity contribution in [3.05, 3.63) is 90.5 Å². The van der Waals surface area contributed by atoms with Gasteiger partial charge in [0, 0.05) is 0 Å². The van der Waals surface area contributed by atoms with Crippen molar-refractivity contribution in [2.24, 2.45) is 0 Å². The van der Waals surface area contributed by atoms with E-state index in [4.69, 9.17) is 0 Å². The van der Waals surface area contributed by atoms with Gasteiger partial charge in [-0.2, -0.15) is 0 Å². The number of hydrogen-bond acceptors (Lipinski definition) is 0. The highest BCUT2D eigenvalue weighted by atomic mass is 79.9. The van der Waals surface area contributed by atoms with Gasteiger partial charge in [-0.25, -0.2) is 0 Å². The largest absolute Gasteiger partial charge is 1.00 e. The number of rotatable bonds is 4. The molecule has 1 fully saturated rings. The highest BCUT2D eigenvalue weighted by molar-refractivity contribution is 7.79. The van der Waals surface area contributed by atoms with Crippen molar-refractivity contribution < 1.29 is 17.0 Å². The third-order valence-corrected chi connectivity index (χ3v) is 8.13. The molecule has 0 bridgehead atoms. The Hall–Kier alpha value is -1.43. The molecule has 134 valence electrons. The van der Waals surface area contributed by atoms with Gasteiger partial charge in [0.15, 0.2) is 0 Å². The van der Waals surface area contributed by atoms with Crippen LogP contribution in [0.4, 0.5) is 0 Å². The van der Waals surface area contributed by atoms with Gasteiger partial charge >= 0.3 is 0 Å². The monoisotopic (exact) mass is 424 g/mol. The summed E-state index contributed by atoms with van der Waals surface area (Å²) in [4.78, 5) is 0. The molecule has 26 heavy (non-hydrogen) atoms. The fourth-order valence-corrected chi connectivity index (χ4v) is 6.62. The maximum absolute atomic E-state index is 2.40. The molecular weight excluding hydrogens is 399 g/mol. The molecule has 0 radical (unpaired) electrons. The van der Waals surface area contributed by atoms with E-state index in [2.05, 4.69) is 84.9 Å². The summed E-state index contributed by atoms with van der Waals surface area (Å²) in [6, 6.07) is 31.7. The molecule has 4 rings (SSSR count). The van der Waals surface area contributed by atoms with Crippen molar-refractivity contribution in [2.45, 2.75) is 38.0 Å². The summed E-state index contributed by atoms with van der Waals surface area (Å²) in [5.74, 6) is 0.784. The Bertz CT molecular complexity index is 738. The normalized spacial score (nSPS) is 14.8. The van der Waals surface area contributed by atoms with Gasteiger partial charge in [-0.3, -0.25) is 0 Å². The van der Waals surface area contributed by atoms with E-state index >= 15 is 0 Å². The van der Waals surface area contributed by atoms with Crippen LogP contribution in [0.15, 0.2) is 84.9 Å². The fraction of sp³-hybridized carbons (Fsp3) is 0.250. The second kappa shape index (κ2) is 9.49. The van der Waals surface area contributed by atoms with E-state index < -0.39 is 7.92 Å². The first-order chi connectivity index (χ1) is 12.4. The average Bonchev–Trinajstić information content (AvgIpc) is 2.71. The second-order valence-electron chi connectivity index (χ2n) is 7.06. The standard InChI is InChI=1S/C24H25P.BrH/c1-4-10-20(11-5-1)21-16-18-24(19-17-21)25(22-12-6-2-7-13-22)23-14-8-3-9-15-23;/h2-3,6-9,12-20H,1,4-5,10-11H2;1H. The zero-order valence-electron chi connectivity index (χ0n) is 15.1. The number of halogens is 1. The van der Waals surface area contributed by atoms with Crippen LogP contribution in [0.2, 0.25) is 0 Å². The van der Waals surface area contributed by atoms with Crippen molar-refractivity contribution in [2.75, 3.05) is 0 Å². The third kappa shape index (κ3) is 4.45. The van der Waals surface area contributed by atoms with Crippen LogP contribution in [0.1, 0.15) is 43.6 Å². The Morgan fingerprint density at radius 2 is 1.00 bits per heavy atom. The molecule has 0 amide bonds. The first-order valence-corrected chi connectivity index (χ1v) is 11.0. The van der Waals surface area contributed by atoms with Crippen LogP contribution in [-0.4, -0.2) is 0 Å². The molecule has 0 aliphatic heterocycles. The van der Waals surface area contributed by atoms with Gasteiger partial charge in [0.1, 0.15) is 15.9 Å². The number of hydrogen-bond donors (Lipinski definition) is 0. The fourth-order valence-electron chi connectivity index (χ4n) is 4.07. The molecule has 1 saturated carbocycles. The molecule has 0 atom stereocenters. The van der Waals surface area contributed by atoms with Gasteiger partial charge in [0.2, 0.25) is 0 Å². The molecule has 2 heteroatoms. The topological polar surface area (TPSA) is 0 Å². The Kier molecular flexibility index (Phi) is 7.06. The Labute approximate surface area is 169 Å². The molecule has 0 nitrogen and oxygen atoms in total. The summed E-state index contributed by atoms with van der Waals surface area (Å²) in [5.41, 5.74) is 1.55. The maximum Gasteiger partial charge on any atom is 0.102 e. The van der Waals surface area contributed by atoms with Crippen molar-refractivity contribution >= 4 is 23.8 Å². The van der Waals surface area contributed by atoms with Crippen LogP contribution in [0.5, 0.6) is 0 Å².